The molecule has 0 amide bonds. The molecule has 0 aliphatic carbocycles. The summed E-state index contributed by atoms with van der Waals surface area (Å²) in [5.41, 5.74) is 0. The number of hydrogen-bond acceptors (Lipinski definition) is 5. The van der Waals surface area contributed by atoms with Crippen LogP contribution in [-0.2, 0) is 4.79 Å². The van der Waals surface area contributed by atoms with E-state index in [2.05, 4.69) is 33.6 Å². The van der Waals surface area contributed by atoms with Crippen LogP contribution in [0.1, 0.15) is 27.2 Å². The molecule has 0 unspecified atom stereocenters. The first kappa shape index (κ1) is 15.6. The lowest BCUT2D eigenvalue weighted by molar-refractivity contribution is -0.118. The van der Waals surface area contributed by atoms with Gasteiger partial charge in [0.05, 0.1) is 6.54 Å². The van der Waals surface area contributed by atoms with Crippen LogP contribution in [0.5, 0.6) is 0 Å². The van der Waals surface area contributed by atoms with E-state index in [-0.39, 0.29) is 5.78 Å². The Hall–Kier alpha value is -1.49. The summed E-state index contributed by atoms with van der Waals surface area (Å²) < 4.78 is 0. The van der Waals surface area contributed by atoms with Crippen LogP contribution in [-0.4, -0.2) is 53.4 Å². The summed E-state index contributed by atoms with van der Waals surface area (Å²) in [6.45, 7) is 10.1. The van der Waals surface area contributed by atoms with Crippen LogP contribution in [0.25, 0.3) is 0 Å². The molecule has 106 valence electrons. The van der Waals surface area contributed by atoms with Crippen molar-refractivity contribution in [3.8, 4) is 0 Å². The number of piperazine rings is 1. The fourth-order valence-electron chi connectivity index (χ4n) is 1.92. The van der Waals surface area contributed by atoms with Gasteiger partial charge in [-0.3, -0.25) is 9.69 Å². The summed E-state index contributed by atoms with van der Waals surface area (Å²) in [5.74, 6) is 1.20. The van der Waals surface area contributed by atoms with Gasteiger partial charge in [0, 0.05) is 32.4 Å². The molecule has 2 rings (SSSR count). The second kappa shape index (κ2) is 8.58. The average Bonchev–Trinajstić information content (AvgIpc) is 2.41. The molecule has 0 atom stereocenters. The zero-order chi connectivity index (χ0) is 14.1. The fraction of sp³-hybridized carbons (Fsp3) is 0.643. The van der Waals surface area contributed by atoms with Crippen molar-refractivity contribution in [1.82, 2.24) is 14.9 Å². The highest BCUT2D eigenvalue weighted by atomic mass is 16.1. The Morgan fingerprint density at radius 1 is 1.26 bits per heavy atom. The molecule has 0 radical (unpaired) electrons. The van der Waals surface area contributed by atoms with E-state index in [9.17, 15) is 4.79 Å². The summed E-state index contributed by atoms with van der Waals surface area (Å²) in [6.07, 6.45) is 4.57. The Labute approximate surface area is 115 Å². The minimum absolute atomic E-state index is 0.232. The smallest absolute Gasteiger partial charge is 0.143 e. The van der Waals surface area contributed by atoms with Gasteiger partial charge in [0.15, 0.2) is 0 Å². The van der Waals surface area contributed by atoms with Crippen LogP contribution >= 0.6 is 0 Å². The van der Waals surface area contributed by atoms with Crippen LogP contribution in [0.2, 0.25) is 0 Å². The molecule has 1 saturated heterocycles. The van der Waals surface area contributed by atoms with E-state index in [0.29, 0.717) is 6.54 Å². The highest BCUT2D eigenvalue weighted by molar-refractivity contribution is 5.77. The molecule has 19 heavy (non-hydrogen) atoms. The molecule has 0 N–H and O–H groups in total. The molecular weight excluding hydrogens is 240 g/mol. The maximum absolute atomic E-state index is 11.0. The summed E-state index contributed by atoms with van der Waals surface area (Å²) >= 11 is 0. The maximum Gasteiger partial charge on any atom is 0.143 e. The number of aromatic nitrogens is 2. The van der Waals surface area contributed by atoms with Gasteiger partial charge < -0.3 is 4.90 Å². The average molecular weight is 264 g/mol. The van der Waals surface area contributed by atoms with E-state index in [4.69, 9.17) is 0 Å². The van der Waals surface area contributed by atoms with E-state index < -0.39 is 0 Å². The summed E-state index contributed by atoms with van der Waals surface area (Å²) in [4.78, 5) is 23.5. The van der Waals surface area contributed by atoms with Gasteiger partial charge in [-0.05, 0) is 13.0 Å². The van der Waals surface area contributed by atoms with Crippen molar-refractivity contribution >= 4 is 11.6 Å². The van der Waals surface area contributed by atoms with Crippen molar-refractivity contribution in [3.05, 3.63) is 18.6 Å². The Morgan fingerprint density at radius 2 is 1.89 bits per heavy atom. The van der Waals surface area contributed by atoms with Gasteiger partial charge in [0.25, 0.3) is 0 Å². The molecule has 5 nitrogen and oxygen atoms in total. The Balaban J connectivity index is 0.000000550. The predicted octanol–water partition coefficient (Wildman–Crippen LogP) is 1.60. The minimum Gasteiger partial charge on any atom is -0.354 e. The van der Waals surface area contributed by atoms with E-state index in [1.807, 2.05) is 6.07 Å². The van der Waals surface area contributed by atoms with Crippen molar-refractivity contribution in [1.29, 1.82) is 0 Å². The van der Waals surface area contributed by atoms with Crippen LogP contribution in [0, 0.1) is 0 Å². The third-order valence-electron chi connectivity index (χ3n) is 2.71. The van der Waals surface area contributed by atoms with Gasteiger partial charge in [-0.25, -0.2) is 9.97 Å². The predicted molar refractivity (Wildman–Crippen MR) is 77.3 cm³/mol. The highest BCUT2D eigenvalue weighted by Crippen LogP contribution is 2.11. The van der Waals surface area contributed by atoms with E-state index in [1.54, 1.807) is 19.4 Å². The second-order valence-electron chi connectivity index (χ2n) is 4.74. The number of carbonyl (C=O) groups excluding carboxylic acids is 1. The number of ketones is 1. The molecule has 0 bridgehead atoms. The lowest BCUT2D eigenvalue weighted by Gasteiger charge is -2.34. The number of nitrogens with zero attached hydrogens (tertiary/aromatic N) is 4. The Morgan fingerprint density at radius 3 is 2.37 bits per heavy atom. The number of carbonyl (C=O) groups is 1. The number of anilines is 1. The summed E-state index contributed by atoms with van der Waals surface area (Å²) in [5, 5.41) is 0. The maximum atomic E-state index is 11.0. The van der Waals surface area contributed by atoms with Crippen molar-refractivity contribution in [3.63, 3.8) is 0 Å². The minimum atomic E-state index is 0.232. The van der Waals surface area contributed by atoms with E-state index in [1.165, 1.54) is 6.42 Å². The Kier molecular flexibility index (Phi) is 7.03. The standard InChI is InChI=1S/C11H16N4O.C3H8/c1-10(16)8-14-4-6-15(7-5-14)11-2-3-12-9-13-11;1-3-2/h2-3,9H,4-8H2,1H3;3H2,1-2H3. The second-order valence-corrected chi connectivity index (χ2v) is 4.74. The SMILES string of the molecule is CC(=O)CN1CCN(c2ccncn2)CC1.CCC. The van der Waals surface area contributed by atoms with Gasteiger partial charge in [0.1, 0.15) is 17.9 Å². The number of hydrogen-bond donors (Lipinski definition) is 0. The van der Waals surface area contributed by atoms with E-state index >= 15 is 0 Å². The first-order valence-corrected chi connectivity index (χ1v) is 6.90. The number of rotatable bonds is 3. The highest BCUT2D eigenvalue weighted by Gasteiger charge is 2.18. The molecule has 0 aromatic carbocycles. The lowest BCUT2D eigenvalue weighted by atomic mass is 10.3. The van der Waals surface area contributed by atoms with Crippen molar-refractivity contribution in [2.24, 2.45) is 0 Å². The van der Waals surface area contributed by atoms with Crippen LogP contribution in [0.15, 0.2) is 18.6 Å². The molecule has 1 fully saturated rings. The molecule has 0 spiro atoms. The largest absolute Gasteiger partial charge is 0.354 e. The van der Waals surface area contributed by atoms with E-state index in [0.717, 1.165) is 32.0 Å². The topological polar surface area (TPSA) is 49.3 Å². The van der Waals surface area contributed by atoms with Gasteiger partial charge in [-0.15, -0.1) is 0 Å². The molecular formula is C14H24N4O. The first-order valence-electron chi connectivity index (χ1n) is 6.90. The molecule has 1 aliphatic rings. The summed E-state index contributed by atoms with van der Waals surface area (Å²) in [6, 6.07) is 1.92. The normalized spacial score (nSPS) is 15.6. The molecule has 1 aliphatic heterocycles. The zero-order valence-corrected chi connectivity index (χ0v) is 12.2. The van der Waals surface area contributed by atoms with Crippen molar-refractivity contribution < 1.29 is 4.79 Å². The van der Waals surface area contributed by atoms with Gasteiger partial charge in [-0.2, -0.15) is 0 Å². The third kappa shape index (κ3) is 5.79. The van der Waals surface area contributed by atoms with Crippen LogP contribution < -0.4 is 4.90 Å². The van der Waals surface area contributed by atoms with Gasteiger partial charge in [-0.1, -0.05) is 20.3 Å². The summed E-state index contributed by atoms with van der Waals surface area (Å²) in [7, 11) is 0. The van der Waals surface area contributed by atoms with Crippen molar-refractivity contribution in [2.45, 2.75) is 27.2 Å². The quantitative estimate of drug-likeness (QED) is 0.830. The van der Waals surface area contributed by atoms with Gasteiger partial charge in [0.2, 0.25) is 0 Å². The third-order valence-corrected chi connectivity index (χ3v) is 2.71. The lowest BCUT2D eigenvalue weighted by Crippen LogP contribution is -2.48. The first-order chi connectivity index (χ1) is 9.17. The molecule has 0 saturated carbocycles. The van der Waals surface area contributed by atoms with Gasteiger partial charge >= 0.3 is 0 Å². The molecule has 1 aromatic rings. The molecule has 5 heteroatoms. The van der Waals surface area contributed by atoms with Crippen LogP contribution in [0.3, 0.4) is 0 Å². The molecule has 1 aromatic heterocycles. The Bertz CT molecular complexity index is 361. The zero-order valence-electron chi connectivity index (χ0n) is 12.2. The fourth-order valence-corrected chi connectivity index (χ4v) is 1.92. The van der Waals surface area contributed by atoms with Crippen LogP contribution in [0.4, 0.5) is 5.82 Å². The van der Waals surface area contributed by atoms with Crippen molar-refractivity contribution in [2.75, 3.05) is 37.6 Å². The molecule has 2 heterocycles. The number of Topliss-reactive ketones (excluding diaryl/α,β-unsaturated/α-hetero) is 1. The monoisotopic (exact) mass is 264 g/mol.